The zero-order chi connectivity index (χ0) is 11.1. The smallest absolute Gasteiger partial charge is 0.225 e. The third-order valence-electron chi connectivity index (χ3n) is 4.56. The van der Waals surface area contributed by atoms with Crippen molar-refractivity contribution >= 4 is 17.7 Å². The Morgan fingerprint density at radius 3 is 2.69 bits per heavy atom. The van der Waals surface area contributed by atoms with Gasteiger partial charge in [0.25, 0.3) is 0 Å². The van der Waals surface area contributed by atoms with E-state index in [-0.39, 0.29) is 17.9 Å². The summed E-state index contributed by atoms with van der Waals surface area (Å²) in [4.78, 5) is 12.2. The second-order valence-electron chi connectivity index (χ2n) is 5.51. The molecule has 0 aromatic heterocycles. The van der Waals surface area contributed by atoms with Gasteiger partial charge in [-0.1, -0.05) is 0 Å². The van der Waals surface area contributed by atoms with Crippen LogP contribution in [-0.4, -0.2) is 29.5 Å². The minimum Gasteiger partial charge on any atom is -0.352 e. The maximum Gasteiger partial charge on any atom is 0.225 e. The van der Waals surface area contributed by atoms with Gasteiger partial charge in [0.05, 0.1) is 5.92 Å². The normalized spacial score (nSPS) is 46.2. The number of hydrogen-bond acceptors (Lipinski definition) is 3. The highest BCUT2D eigenvalue weighted by Crippen LogP contribution is 2.47. The molecule has 16 heavy (non-hydrogen) atoms. The van der Waals surface area contributed by atoms with Gasteiger partial charge in [0.1, 0.15) is 0 Å². The topological polar surface area (TPSA) is 55.1 Å². The molecule has 1 heterocycles. The van der Waals surface area contributed by atoms with E-state index in [1.54, 1.807) is 0 Å². The molecule has 1 amide bonds. The van der Waals surface area contributed by atoms with Gasteiger partial charge in [-0.05, 0) is 43.3 Å². The van der Waals surface area contributed by atoms with Crippen molar-refractivity contribution in [2.75, 3.05) is 11.5 Å². The van der Waals surface area contributed by atoms with E-state index in [2.05, 4.69) is 5.32 Å². The van der Waals surface area contributed by atoms with Crippen LogP contribution >= 0.6 is 11.8 Å². The van der Waals surface area contributed by atoms with Gasteiger partial charge in [-0.15, -0.1) is 0 Å². The fraction of sp³-hybridized carbons (Fsp3) is 0.917. The summed E-state index contributed by atoms with van der Waals surface area (Å²) in [6.07, 6.45) is 4.79. The van der Waals surface area contributed by atoms with Gasteiger partial charge >= 0.3 is 0 Å². The molecule has 0 aromatic carbocycles. The lowest BCUT2D eigenvalue weighted by Gasteiger charge is -2.28. The second kappa shape index (κ2) is 4.22. The van der Waals surface area contributed by atoms with Crippen LogP contribution in [0.3, 0.4) is 0 Å². The predicted molar refractivity (Wildman–Crippen MR) is 66.2 cm³/mol. The minimum atomic E-state index is 0.115. The molecule has 3 fully saturated rings. The Morgan fingerprint density at radius 1 is 1.25 bits per heavy atom. The first-order chi connectivity index (χ1) is 7.75. The molecule has 2 saturated carbocycles. The van der Waals surface area contributed by atoms with E-state index >= 15 is 0 Å². The Bertz CT molecular complexity index is 289. The summed E-state index contributed by atoms with van der Waals surface area (Å²) in [5.74, 6) is 3.83. The molecular weight excluding hydrogens is 220 g/mol. The summed E-state index contributed by atoms with van der Waals surface area (Å²) < 4.78 is 0. The van der Waals surface area contributed by atoms with Crippen molar-refractivity contribution in [3.05, 3.63) is 0 Å². The molecule has 1 aliphatic heterocycles. The number of hydrogen-bond donors (Lipinski definition) is 2. The fourth-order valence-corrected chi connectivity index (χ4v) is 4.82. The first-order valence-electron chi connectivity index (χ1n) is 6.39. The van der Waals surface area contributed by atoms with E-state index in [0.717, 1.165) is 12.2 Å². The van der Waals surface area contributed by atoms with Gasteiger partial charge in [0.15, 0.2) is 0 Å². The number of amides is 1. The Morgan fingerprint density at radius 2 is 2.06 bits per heavy atom. The van der Waals surface area contributed by atoms with Crippen molar-refractivity contribution in [2.45, 2.75) is 37.8 Å². The maximum absolute atomic E-state index is 12.2. The van der Waals surface area contributed by atoms with Crippen molar-refractivity contribution in [1.82, 2.24) is 5.32 Å². The van der Waals surface area contributed by atoms with Crippen molar-refractivity contribution in [2.24, 2.45) is 23.5 Å². The third kappa shape index (κ3) is 1.76. The molecule has 3 nitrogen and oxygen atoms in total. The lowest BCUT2D eigenvalue weighted by molar-refractivity contribution is -0.127. The van der Waals surface area contributed by atoms with Gasteiger partial charge in [-0.25, -0.2) is 0 Å². The van der Waals surface area contributed by atoms with E-state index in [4.69, 9.17) is 5.73 Å². The van der Waals surface area contributed by atoms with Crippen molar-refractivity contribution in [1.29, 1.82) is 0 Å². The summed E-state index contributed by atoms with van der Waals surface area (Å²) in [5.41, 5.74) is 6.17. The van der Waals surface area contributed by atoms with Gasteiger partial charge in [-0.2, -0.15) is 11.8 Å². The molecule has 1 saturated heterocycles. The van der Waals surface area contributed by atoms with E-state index in [1.807, 2.05) is 11.8 Å². The molecule has 0 radical (unpaired) electrons. The number of carbonyl (C=O) groups is 1. The summed E-state index contributed by atoms with van der Waals surface area (Å²) in [6, 6.07) is 0.539. The highest BCUT2D eigenvalue weighted by molar-refractivity contribution is 7.99. The molecule has 4 heteroatoms. The van der Waals surface area contributed by atoms with E-state index in [1.165, 1.54) is 25.0 Å². The van der Waals surface area contributed by atoms with Gasteiger partial charge in [-0.3, -0.25) is 4.79 Å². The molecule has 2 bridgehead atoms. The lowest BCUT2D eigenvalue weighted by atomic mass is 9.84. The Kier molecular flexibility index (Phi) is 2.88. The summed E-state index contributed by atoms with van der Waals surface area (Å²) in [5, 5.41) is 3.20. The van der Waals surface area contributed by atoms with Crippen LogP contribution in [0.15, 0.2) is 0 Å². The second-order valence-corrected chi connectivity index (χ2v) is 6.66. The average molecular weight is 240 g/mol. The molecule has 0 spiro atoms. The molecule has 2 aliphatic carbocycles. The largest absolute Gasteiger partial charge is 0.352 e. The van der Waals surface area contributed by atoms with Crippen molar-refractivity contribution < 1.29 is 4.79 Å². The van der Waals surface area contributed by atoms with Crippen LogP contribution in [0.5, 0.6) is 0 Å². The summed E-state index contributed by atoms with van der Waals surface area (Å²) >= 11 is 1.94. The zero-order valence-corrected chi connectivity index (χ0v) is 10.3. The molecule has 0 aromatic rings. The van der Waals surface area contributed by atoms with E-state index in [0.29, 0.717) is 17.9 Å². The van der Waals surface area contributed by atoms with Crippen LogP contribution in [0.25, 0.3) is 0 Å². The SMILES string of the molecule is NC1C2CCC(C2)C1C(=O)NC1CCSC1. The van der Waals surface area contributed by atoms with Crippen molar-refractivity contribution in [3.8, 4) is 0 Å². The Labute approximate surface area is 101 Å². The number of fused-ring (bicyclic) bond motifs is 2. The standard InChI is InChI=1S/C12H20N2OS/c13-11-8-2-1-7(5-8)10(11)12(15)14-9-3-4-16-6-9/h7-11H,1-6,13H2,(H,14,15). The molecule has 5 atom stereocenters. The number of thioether (sulfide) groups is 1. The molecule has 3 N–H and O–H groups in total. The van der Waals surface area contributed by atoms with Crippen LogP contribution in [0, 0.1) is 17.8 Å². The highest BCUT2D eigenvalue weighted by atomic mass is 32.2. The number of rotatable bonds is 2. The zero-order valence-electron chi connectivity index (χ0n) is 9.52. The fourth-order valence-electron chi connectivity index (χ4n) is 3.67. The molecule has 5 unspecified atom stereocenters. The van der Waals surface area contributed by atoms with Crippen LogP contribution < -0.4 is 11.1 Å². The maximum atomic E-state index is 12.2. The third-order valence-corrected chi connectivity index (χ3v) is 5.72. The number of carbonyl (C=O) groups excluding carboxylic acids is 1. The highest BCUT2D eigenvalue weighted by Gasteiger charge is 2.49. The molecule has 3 rings (SSSR count). The first-order valence-corrected chi connectivity index (χ1v) is 7.55. The van der Waals surface area contributed by atoms with Gasteiger partial charge in [0, 0.05) is 17.8 Å². The summed E-state index contributed by atoms with van der Waals surface area (Å²) in [6.45, 7) is 0. The molecule has 90 valence electrons. The monoisotopic (exact) mass is 240 g/mol. The van der Waals surface area contributed by atoms with Crippen LogP contribution in [-0.2, 0) is 4.79 Å². The average Bonchev–Trinajstić information content (AvgIpc) is 2.92. The van der Waals surface area contributed by atoms with E-state index in [9.17, 15) is 4.79 Å². The lowest BCUT2D eigenvalue weighted by Crippen LogP contribution is -2.48. The van der Waals surface area contributed by atoms with Crippen LogP contribution in [0.1, 0.15) is 25.7 Å². The van der Waals surface area contributed by atoms with Crippen molar-refractivity contribution in [3.63, 3.8) is 0 Å². The number of nitrogens with two attached hydrogens (primary N) is 1. The summed E-state index contributed by atoms with van der Waals surface area (Å²) in [7, 11) is 0. The predicted octanol–water partition coefficient (Wildman–Crippen LogP) is 0.981. The Balaban J connectivity index is 1.61. The first kappa shape index (κ1) is 10.9. The number of nitrogens with one attached hydrogen (secondary N) is 1. The minimum absolute atomic E-state index is 0.115. The molecular formula is C12H20N2OS. The van der Waals surface area contributed by atoms with Gasteiger partial charge in [0.2, 0.25) is 5.91 Å². The van der Waals surface area contributed by atoms with E-state index < -0.39 is 0 Å². The van der Waals surface area contributed by atoms with Gasteiger partial charge < -0.3 is 11.1 Å². The Hall–Kier alpha value is -0.220. The van der Waals surface area contributed by atoms with Crippen LogP contribution in [0.4, 0.5) is 0 Å². The molecule has 3 aliphatic rings. The quantitative estimate of drug-likeness (QED) is 0.756. The van der Waals surface area contributed by atoms with Crippen LogP contribution in [0.2, 0.25) is 0 Å².